The van der Waals surface area contributed by atoms with E-state index in [9.17, 15) is 0 Å². The van der Waals surface area contributed by atoms with Crippen molar-refractivity contribution >= 4 is 5.96 Å². The summed E-state index contributed by atoms with van der Waals surface area (Å²) in [5.74, 6) is 3.20. The molecule has 2 rings (SSSR count). The highest BCUT2D eigenvalue weighted by molar-refractivity contribution is 5.79. The predicted molar refractivity (Wildman–Crippen MR) is 107 cm³/mol. The van der Waals surface area contributed by atoms with Crippen LogP contribution >= 0.6 is 0 Å². The molecular weight excluding hydrogens is 328 g/mol. The van der Waals surface area contributed by atoms with E-state index in [0.717, 1.165) is 48.6 Å². The van der Waals surface area contributed by atoms with Crippen molar-refractivity contribution in [3.05, 3.63) is 23.8 Å². The summed E-state index contributed by atoms with van der Waals surface area (Å²) in [6.07, 6.45) is 2.63. The number of methoxy groups -OCH3 is 2. The number of aliphatic imine (C=N–C) groups is 1. The molecular formula is C20H34N4O2. The van der Waals surface area contributed by atoms with Crippen LogP contribution in [0, 0.1) is 5.92 Å². The monoisotopic (exact) mass is 362 g/mol. The van der Waals surface area contributed by atoms with E-state index in [1.165, 1.54) is 25.9 Å². The third-order valence-electron chi connectivity index (χ3n) is 4.81. The number of guanidine groups is 1. The number of hydrogen-bond acceptors (Lipinski definition) is 4. The molecule has 1 aromatic rings. The Labute approximate surface area is 158 Å². The van der Waals surface area contributed by atoms with Gasteiger partial charge in [0.05, 0.1) is 20.8 Å². The molecule has 1 aromatic carbocycles. The molecule has 1 fully saturated rings. The van der Waals surface area contributed by atoms with E-state index in [-0.39, 0.29) is 0 Å². The lowest BCUT2D eigenvalue weighted by atomic mass is 9.99. The molecule has 26 heavy (non-hydrogen) atoms. The number of likely N-dealkylation sites (tertiary alicyclic amines) is 1. The fourth-order valence-corrected chi connectivity index (χ4v) is 3.11. The standard InChI is InChI=1S/C20H34N4O2/c1-5-21-20(22-10-13-24-11-8-16(2)9-12-24)23-15-17-6-7-18(25-3)19(14-17)26-4/h6-7,14,16H,5,8-13,15H2,1-4H3,(H2,21,22,23). The van der Waals surface area contributed by atoms with E-state index in [4.69, 9.17) is 9.47 Å². The second-order valence-corrected chi connectivity index (χ2v) is 6.84. The molecule has 146 valence electrons. The smallest absolute Gasteiger partial charge is 0.191 e. The van der Waals surface area contributed by atoms with Gasteiger partial charge >= 0.3 is 0 Å². The average Bonchev–Trinajstić information content (AvgIpc) is 2.67. The molecule has 1 aliphatic rings. The van der Waals surface area contributed by atoms with Crippen LogP contribution in [0.3, 0.4) is 0 Å². The molecule has 0 aromatic heterocycles. The Kier molecular flexibility index (Phi) is 8.54. The zero-order valence-electron chi connectivity index (χ0n) is 16.7. The van der Waals surface area contributed by atoms with E-state index in [2.05, 4.69) is 34.4 Å². The molecule has 1 aliphatic heterocycles. The molecule has 0 bridgehead atoms. The number of nitrogens with zero attached hydrogens (tertiary/aromatic N) is 2. The molecule has 0 spiro atoms. The van der Waals surface area contributed by atoms with Gasteiger partial charge in [0.1, 0.15) is 0 Å². The van der Waals surface area contributed by atoms with Gasteiger partial charge in [-0.25, -0.2) is 4.99 Å². The highest BCUT2D eigenvalue weighted by Gasteiger charge is 2.14. The summed E-state index contributed by atoms with van der Waals surface area (Å²) in [7, 11) is 3.30. The van der Waals surface area contributed by atoms with Gasteiger partial charge in [-0.05, 0) is 56.5 Å². The summed E-state index contributed by atoms with van der Waals surface area (Å²) in [6.45, 7) is 10.3. The molecule has 6 nitrogen and oxygen atoms in total. The fourth-order valence-electron chi connectivity index (χ4n) is 3.11. The van der Waals surface area contributed by atoms with Crippen LogP contribution in [0.15, 0.2) is 23.2 Å². The number of ether oxygens (including phenoxy) is 2. The molecule has 0 radical (unpaired) electrons. The van der Waals surface area contributed by atoms with Gasteiger partial charge in [0.2, 0.25) is 0 Å². The maximum Gasteiger partial charge on any atom is 0.191 e. The Hall–Kier alpha value is -1.95. The maximum atomic E-state index is 5.36. The minimum atomic E-state index is 0.594. The summed E-state index contributed by atoms with van der Waals surface area (Å²) in [5, 5.41) is 6.76. The molecule has 0 aliphatic carbocycles. The van der Waals surface area contributed by atoms with Gasteiger partial charge in [0, 0.05) is 19.6 Å². The number of hydrogen-bond donors (Lipinski definition) is 2. The number of benzene rings is 1. The second-order valence-electron chi connectivity index (χ2n) is 6.84. The number of nitrogens with one attached hydrogen (secondary N) is 2. The lowest BCUT2D eigenvalue weighted by molar-refractivity contribution is 0.195. The Morgan fingerprint density at radius 2 is 1.88 bits per heavy atom. The van der Waals surface area contributed by atoms with Crippen molar-refractivity contribution in [1.82, 2.24) is 15.5 Å². The fraction of sp³-hybridized carbons (Fsp3) is 0.650. The quantitative estimate of drug-likeness (QED) is 0.550. The highest BCUT2D eigenvalue weighted by atomic mass is 16.5. The van der Waals surface area contributed by atoms with Gasteiger partial charge in [-0.15, -0.1) is 0 Å². The first-order valence-corrected chi connectivity index (χ1v) is 9.61. The van der Waals surface area contributed by atoms with Gasteiger partial charge in [-0.1, -0.05) is 13.0 Å². The Morgan fingerprint density at radius 1 is 1.15 bits per heavy atom. The summed E-state index contributed by atoms with van der Waals surface area (Å²) >= 11 is 0. The third kappa shape index (κ3) is 6.41. The Bertz CT molecular complexity index is 569. The lowest BCUT2D eigenvalue weighted by Gasteiger charge is -2.30. The maximum absolute atomic E-state index is 5.36. The van der Waals surface area contributed by atoms with Gasteiger partial charge in [0.15, 0.2) is 17.5 Å². The largest absolute Gasteiger partial charge is 0.493 e. The third-order valence-corrected chi connectivity index (χ3v) is 4.81. The summed E-state index contributed by atoms with van der Waals surface area (Å²) < 4.78 is 10.6. The van der Waals surface area contributed by atoms with Gasteiger partial charge in [-0.2, -0.15) is 0 Å². The van der Waals surface area contributed by atoms with Crippen molar-refractivity contribution in [2.24, 2.45) is 10.9 Å². The van der Waals surface area contributed by atoms with Crippen molar-refractivity contribution in [2.45, 2.75) is 33.2 Å². The molecule has 1 heterocycles. The normalized spacial score (nSPS) is 16.4. The van der Waals surface area contributed by atoms with E-state index in [0.29, 0.717) is 6.54 Å². The van der Waals surface area contributed by atoms with Crippen molar-refractivity contribution in [2.75, 3.05) is 46.9 Å². The van der Waals surface area contributed by atoms with Gasteiger partial charge < -0.3 is 25.0 Å². The first-order chi connectivity index (χ1) is 12.7. The topological polar surface area (TPSA) is 58.1 Å². The Balaban J connectivity index is 1.85. The van der Waals surface area contributed by atoms with Gasteiger partial charge in [-0.3, -0.25) is 0 Å². The van der Waals surface area contributed by atoms with E-state index < -0.39 is 0 Å². The molecule has 0 amide bonds. The van der Waals surface area contributed by atoms with Crippen LogP contribution in [-0.2, 0) is 6.54 Å². The van der Waals surface area contributed by atoms with Crippen LogP contribution in [0.5, 0.6) is 11.5 Å². The molecule has 6 heteroatoms. The van der Waals surface area contributed by atoms with E-state index in [1.54, 1.807) is 14.2 Å². The van der Waals surface area contributed by atoms with Crippen LogP contribution in [0.1, 0.15) is 32.3 Å². The molecule has 1 saturated heterocycles. The minimum Gasteiger partial charge on any atom is -0.493 e. The lowest BCUT2D eigenvalue weighted by Crippen LogP contribution is -2.43. The van der Waals surface area contributed by atoms with E-state index in [1.807, 2.05) is 18.2 Å². The van der Waals surface area contributed by atoms with Crippen molar-refractivity contribution in [3.63, 3.8) is 0 Å². The predicted octanol–water partition coefficient (Wildman–Crippen LogP) is 2.49. The Morgan fingerprint density at radius 3 is 2.54 bits per heavy atom. The van der Waals surface area contributed by atoms with Crippen LogP contribution in [-0.4, -0.2) is 57.8 Å². The van der Waals surface area contributed by atoms with Gasteiger partial charge in [0.25, 0.3) is 0 Å². The molecule has 0 saturated carbocycles. The SMILES string of the molecule is CCNC(=NCc1ccc(OC)c(OC)c1)NCCN1CCC(C)CC1. The van der Waals surface area contributed by atoms with Crippen molar-refractivity contribution in [3.8, 4) is 11.5 Å². The average molecular weight is 363 g/mol. The zero-order chi connectivity index (χ0) is 18.8. The molecule has 0 atom stereocenters. The molecule has 0 unspecified atom stereocenters. The van der Waals surface area contributed by atoms with Crippen molar-refractivity contribution in [1.29, 1.82) is 0 Å². The van der Waals surface area contributed by atoms with Crippen LogP contribution in [0.4, 0.5) is 0 Å². The summed E-state index contributed by atoms with van der Waals surface area (Å²) in [5.41, 5.74) is 1.09. The second kappa shape index (κ2) is 10.9. The number of piperidine rings is 1. The zero-order valence-corrected chi connectivity index (χ0v) is 16.7. The first kappa shape index (κ1) is 20.4. The number of rotatable bonds is 8. The minimum absolute atomic E-state index is 0.594. The summed E-state index contributed by atoms with van der Waals surface area (Å²) in [4.78, 5) is 7.22. The van der Waals surface area contributed by atoms with Crippen LogP contribution in [0.2, 0.25) is 0 Å². The molecule has 2 N–H and O–H groups in total. The van der Waals surface area contributed by atoms with Crippen LogP contribution < -0.4 is 20.1 Å². The highest BCUT2D eigenvalue weighted by Crippen LogP contribution is 2.27. The van der Waals surface area contributed by atoms with Crippen molar-refractivity contribution < 1.29 is 9.47 Å². The first-order valence-electron chi connectivity index (χ1n) is 9.61. The van der Waals surface area contributed by atoms with E-state index >= 15 is 0 Å². The summed E-state index contributed by atoms with van der Waals surface area (Å²) in [6, 6.07) is 5.91. The van der Waals surface area contributed by atoms with Crippen LogP contribution in [0.25, 0.3) is 0 Å².